The molecule has 0 saturated carbocycles. The summed E-state index contributed by atoms with van der Waals surface area (Å²) in [4.78, 5) is -0.0214. The molecule has 0 aliphatic heterocycles. The Kier molecular flexibility index (Phi) is 4.81. The molecule has 0 aromatic heterocycles. The summed E-state index contributed by atoms with van der Waals surface area (Å²) in [5, 5.41) is 2.72. The summed E-state index contributed by atoms with van der Waals surface area (Å²) >= 11 is 0. The third-order valence-electron chi connectivity index (χ3n) is 3.66. The van der Waals surface area contributed by atoms with Gasteiger partial charge in [-0.05, 0) is 37.6 Å². The molecular formula is C19H17O3PS. The van der Waals surface area contributed by atoms with Gasteiger partial charge in [-0.2, -0.15) is 8.42 Å². The lowest BCUT2D eigenvalue weighted by Crippen LogP contribution is -2.25. The SMILES string of the molecule is Cc1ccc(S(=O)(=O)O)c(P(c2ccccc2)c2ccccc2)c1. The fourth-order valence-electron chi connectivity index (χ4n) is 2.60. The third kappa shape index (κ3) is 3.57. The molecular weight excluding hydrogens is 339 g/mol. The molecule has 0 amide bonds. The van der Waals surface area contributed by atoms with Crippen LogP contribution in [0.25, 0.3) is 0 Å². The van der Waals surface area contributed by atoms with Gasteiger partial charge in [0.1, 0.15) is 4.90 Å². The Morgan fingerprint density at radius 3 is 1.75 bits per heavy atom. The lowest BCUT2D eigenvalue weighted by molar-refractivity contribution is 0.484. The van der Waals surface area contributed by atoms with Gasteiger partial charge in [0.05, 0.1) is 0 Å². The minimum Gasteiger partial charge on any atom is -0.282 e. The van der Waals surface area contributed by atoms with Crippen LogP contribution in [0.15, 0.2) is 83.8 Å². The number of rotatable bonds is 4. The van der Waals surface area contributed by atoms with E-state index in [1.807, 2.05) is 73.7 Å². The summed E-state index contributed by atoms with van der Waals surface area (Å²) in [6.45, 7) is 1.92. The first-order valence-corrected chi connectivity index (χ1v) is 10.2. The molecule has 3 nitrogen and oxygen atoms in total. The Hall–Kier alpha value is -2.00. The molecule has 0 bridgehead atoms. The molecule has 0 atom stereocenters. The zero-order valence-corrected chi connectivity index (χ0v) is 14.8. The van der Waals surface area contributed by atoms with Gasteiger partial charge in [0, 0.05) is 5.30 Å². The number of aryl methyl sites for hydroxylation is 1. The third-order valence-corrected chi connectivity index (χ3v) is 7.21. The maximum Gasteiger partial charge on any atom is 0.295 e. The molecule has 0 unspecified atom stereocenters. The summed E-state index contributed by atoms with van der Waals surface area (Å²) in [6.07, 6.45) is 0. The summed E-state index contributed by atoms with van der Waals surface area (Å²) in [6, 6.07) is 24.7. The first kappa shape index (κ1) is 16.8. The topological polar surface area (TPSA) is 54.4 Å². The van der Waals surface area contributed by atoms with E-state index in [0.717, 1.165) is 16.2 Å². The second-order valence-corrected chi connectivity index (χ2v) is 9.03. The van der Waals surface area contributed by atoms with Crippen molar-refractivity contribution in [1.82, 2.24) is 0 Å². The van der Waals surface area contributed by atoms with Crippen LogP contribution >= 0.6 is 7.92 Å². The van der Waals surface area contributed by atoms with Crippen molar-refractivity contribution >= 4 is 34.0 Å². The van der Waals surface area contributed by atoms with E-state index in [4.69, 9.17) is 0 Å². The van der Waals surface area contributed by atoms with E-state index in [-0.39, 0.29) is 4.90 Å². The largest absolute Gasteiger partial charge is 0.295 e. The molecule has 0 aliphatic rings. The molecule has 3 aromatic rings. The van der Waals surface area contributed by atoms with E-state index in [1.165, 1.54) is 6.07 Å². The molecule has 1 N–H and O–H groups in total. The molecule has 5 heteroatoms. The van der Waals surface area contributed by atoms with Crippen LogP contribution in [0.4, 0.5) is 0 Å². The summed E-state index contributed by atoms with van der Waals surface area (Å²) in [7, 11) is -5.38. The van der Waals surface area contributed by atoms with E-state index in [0.29, 0.717) is 5.30 Å². The van der Waals surface area contributed by atoms with Gasteiger partial charge < -0.3 is 0 Å². The predicted molar refractivity (Wildman–Crippen MR) is 99.7 cm³/mol. The predicted octanol–water partition coefficient (Wildman–Crippen LogP) is 3.00. The standard InChI is InChI=1S/C19H17O3PS/c1-15-12-13-19(24(20,21)22)18(14-15)23(16-8-4-2-5-9-16)17-10-6-3-7-11-17/h2-14H,1H3,(H,20,21,22). The summed E-state index contributed by atoms with van der Waals surface area (Å²) in [5.41, 5.74) is 0.955. The van der Waals surface area contributed by atoms with E-state index in [1.54, 1.807) is 6.07 Å². The van der Waals surface area contributed by atoms with Gasteiger partial charge in [-0.1, -0.05) is 72.3 Å². The molecule has 0 saturated heterocycles. The van der Waals surface area contributed by atoms with Crippen LogP contribution in [-0.4, -0.2) is 13.0 Å². The Morgan fingerprint density at radius 1 is 0.792 bits per heavy atom. The van der Waals surface area contributed by atoms with Gasteiger partial charge in [0.25, 0.3) is 10.1 Å². The maximum atomic E-state index is 11.9. The van der Waals surface area contributed by atoms with Crippen molar-refractivity contribution in [3.8, 4) is 0 Å². The van der Waals surface area contributed by atoms with Crippen LogP contribution in [-0.2, 0) is 10.1 Å². The number of benzene rings is 3. The fourth-order valence-corrected chi connectivity index (χ4v) is 6.21. The van der Waals surface area contributed by atoms with Crippen LogP contribution in [0, 0.1) is 6.92 Å². The lowest BCUT2D eigenvalue weighted by Gasteiger charge is -2.21. The fraction of sp³-hybridized carbons (Fsp3) is 0.0526. The molecule has 0 aliphatic carbocycles. The summed E-state index contributed by atoms with van der Waals surface area (Å²) < 4.78 is 33.5. The average molecular weight is 356 g/mol. The molecule has 0 heterocycles. The smallest absolute Gasteiger partial charge is 0.282 e. The van der Waals surface area contributed by atoms with Crippen LogP contribution in [0.5, 0.6) is 0 Å². The van der Waals surface area contributed by atoms with Gasteiger partial charge in [-0.25, -0.2) is 0 Å². The number of hydrogen-bond donors (Lipinski definition) is 1. The van der Waals surface area contributed by atoms with Crippen LogP contribution in [0.2, 0.25) is 0 Å². The van der Waals surface area contributed by atoms with Crippen molar-refractivity contribution in [3.63, 3.8) is 0 Å². The quantitative estimate of drug-likeness (QED) is 0.578. The zero-order chi connectivity index (χ0) is 17.2. The molecule has 3 rings (SSSR count). The van der Waals surface area contributed by atoms with Crippen molar-refractivity contribution in [2.75, 3.05) is 0 Å². The van der Waals surface area contributed by atoms with E-state index in [2.05, 4.69) is 0 Å². The van der Waals surface area contributed by atoms with Crippen molar-refractivity contribution in [2.24, 2.45) is 0 Å². The molecule has 24 heavy (non-hydrogen) atoms. The molecule has 0 spiro atoms. The van der Waals surface area contributed by atoms with E-state index < -0.39 is 18.0 Å². The van der Waals surface area contributed by atoms with Crippen LogP contribution in [0.1, 0.15) is 5.56 Å². The molecule has 0 radical (unpaired) electrons. The second-order valence-electron chi connectivity index (χ2n) is 5.45. The van der Waals surface area contributed by atoms with Crippen molar-refractivity contribution in [2.45, 2.75) is 11.8 Å². The molecule has 3 aromatic carbocycles. The Morgan fingerprint density at radius 2 is 1.29 bits per heavy atom. The highest BCUT2D eigenvalue weighted by atomic mass is 32.2. The minimum absolute atomic E-state index is 0.0214. The van der Waals surface area contributed by atoms with Gasteiger partial charge in [-0.3, -0.25) is 4.55 Å². The normalized spacial score (nSPS) is 11.6. The Labute approximate surface area is 143 Å². The first-order valence-electron chi connectivity index (χ1n) is 7.45. The highest BCUT2D eigenvalue weighted by Crippen LogP contribution is 2.35. The first-order chi connectivity index (χ1) is 11.5. The molecule has 0 fully saturated rings. The van der Waals surface area contributed by atoms with Gasteiger partial charge in [0.2, 0.25) is 0 Å². The molecule has 122 valence electrons. The highest BCUT2D eigenvalue weighted by molar-refractivity contribution is 7.88. The van der Waals surface area contributed by atoms with Gasteiger partial charge >= 0.3 is 0 Å². The van der Waals surface area contributed by atoms with Gasteiger partial charge in [0.15, 0.2) is 0 Å². The van der Waals surface area contributed by atoms with E-state index >= 15 is 0 Å². The zero-order valence-electron chi connectivity index (χ0n) is 13.1. The number of hydrogen-bond acceptors (Lipinski definition) is 2. The minimum atomic E-state index is -4.30. The van der Waals surface area contributed by atoms with Gasteiger partial charge in [-0.15, -0.1) is 0 Å². The highest BCUT2D eigenvalue weighted by Gasteiger charge is 2.24. The van der Waals surface area contributed by atoms with E-state index in [9.17, 15) is 13.0 Å². The maximum absolute atomic E-state index is 11.9. The Bertz CT molecular complexity index is 899. The summed E-state index contributed by atoms with van der Waals surface area (Å²) in [5.74, 6) is 0. The Balaban J connectivity index is 2.30. The lowest BCUT2D eigenvalue weighted by atomic mass is 10.2. The average Bonchev–Trinajstić information content (AvgIpc) is 2.56. The van der Waals surface area contributed by atoms with Crippen molar-refractivity contribution in [1.29, 1.82) is 0 Å². The second kappa shape index (κ2) is 6.86. The van der Waals surface area contributed by atoms with Crippen LogP contribution in [0.3, 0.4) is 0 Å². The monoisotopic (exact) mass is 356 g/mol. The van der Waals surface area contributed by atoms with Crippen LogP contribution < -0.4 is 15.9 Å². The van der Waals surface area contributed by atoms with Crippen molar-refractivity contribution < 1.29 is 13.0 Å². The van der Waals surface area contributed by atoms with Crippen molar-refractivity contribution in [3.05, 3.63) is 84.4 Å².